The van der Waals surface area contributed by atoms with E-state index in [0.29, 0.717) is 18.6 Å². The van der Waals surface area contributed by atoms with Crippen LogP contribution in [0.1, 0.15) is 62.9 Å². The molecule has 1 heterocycles. The number of nitrogens with zero attached hydrogens (tertiary/aromatic N) is 4. The molecule has 2 unspecified atom stereocenters. The van der Waals surface area contributed by atoms with E-state index < -0.39 is 23.0 Å². The molecule has 0 bridgehead atoms. The first-order valence-electron chi connectivity index (χ1n) is 14.3. The Balaban J connectivity index is 2.00. The summed E-state index contributed by atoms with van der Waals surface area (Å²) >= 11 is -2.19. The Morgan fingerprint density at radius 3 is 2.00 bits per heavy atom. The molecule has 1 aromatic heterocycles. The van der Waals surface area contributed by atoms with E-state index in [0.717, 1.165) is 33.3 Å². The van der Waals surface area contributed by atoms with Gasteiger partial charge >= 0.3 is 6.09 Å². The zero-order chi connectivity index (χ0) is 30.6. The van der Waals surface area contributed by atoms with E-state index in [-0.39, 0.29) is 18.6 Å². The highest BCUT2D eigenvalue weighted by Crippen LogP contribution is 2.24. The molecule has 2 atom stereocenters. The Kier molecular flexibility index (Phi) is 9.86. The summed E-state index contributed by atoms with van der Waals surface area (Å²) in [5, 5.41) is 0. The molecule has 0 spiro atoms. The van der Waals surface area contributed by atoms with Crippen molar-refractivity contribution in [2.24, 2.45) is 4.99 Å². The van der Waals surface area contributed by atoms with Gasteiger partial charge in [-0.05, 0) is 78.1 Å². The van der Waals surface area contributed by atoms with Gasteiger partial charge in [0.2, 0.25) is 16.9 Å². The fourth-order valence-corrected chi connectivity index (χ4v) is 5.67. The van der Waals surface area contributed by atoms with Gasteiger partial charge in [-0.1, -0.05) is 71.8 Å². The lowest BCUT2D eigenvalue weighted by Gasteiger charge is -2.28. The Labute approximate surface area is 251 Å². The van der Waals surface area contributed by atoms with Crippen molar-refractivity contribution in [1.82, 2.24) is 13.4 Å². The third-order valence-corrected chi connectivity index (χ3v) is 8.03. The van der Waals surface area contributed by atoms with Crippen molar-refractivity contribution in [2.75, 3.05) is 6.54 Å². The number of hydrogen-bond acceptors (Lipinski definition) is 3. The van der Waals surface area contributed by atoms with Gasteiger partial charge in [0.1, 0.15) is 5.60 Å². The molecule has 8 nitrogen and oxygen atoms in total. The number of benzene rings is 3. The standard InChI is InChI=1S/C33H42N4O4S/c1-23(2)36(42(39)40)22-28(20-26-16-12-24(3)13-17-26)37-30-11-9-8-10-29(30)35(21-27-18-14-25(4)15-19-27)31(37)34-32(38)41-33(5,6)7/h8-19,23,28H,20-22H2,1-7H3,(H,39,40). The predicted octanol–water partition coefficient (Wildman–Crippen LogP) is 6.57. The first-order chi connectivity index (χ1) is 19.8. The minimum absolute atomic E-state index is 0.191. The zero-order valence-electron chi connectivity index (χ0n) is 25.6. The maximum atomic E-state index is 13.2. The maximum Gasteiger partial charge on any atom is 0.437 e. The van der Waals surface area contributed by atoms with E-state index in [1.54, 1.807) is 4.31 Å². The van der Waals surface area contributed by atoms with Crippen molar-refractivity contribution in [3.63, 3.8) is 0 Å². The highest BCUT2D eigenvalue weighted by Gasteiger charge is 2.27. The fraction of sp³-hybridized carbons (Fsp3) is 0.394. The Morgan fingerprint density at radius 2 is 1.48 bits per heavy atom. The van der Waals surface area contributed by atoms with Crippen LogP contribution in [-0.4, -0.2) is 46.5 Å². The molecule has 4 aromatic rings. The first kappa shape index (κ1) is 31.4. The van der Waals surface area contributed by atoms with Gasteiger partial charge in [0.25, 0.3) is 0 Å². The summed E-state index contributed by atoms with van der Waals surface area (Å²) in [5.41, 5.74) is 5.92. The second kappa shape index (κ2) is 13.2. The number of fused-ring (bicyclic) bond motifs is 1. The Bertz CT molecular complexity index is 1610. The molecule has 0 aliphatic heterocycles. The first-order valence-corrected chi connectivity index (χ1v) is 15.3. The molecule has 4 rings (SSSR count). The van der Waals surface area contributed by atoms with Gasteiger partial charge < -0.3 is 13.9 Å². The third kappa shape index (κ3) is 7.85. The van der Waals surface area contributed by atoms with Gasteiger partial charge in [-0.15, -0.1) is 4.99 Å². The predicted molar refractivity (Wildman–Crippen MR) is 169 cm³/mol. The van der Waals surface area contributed by atoms with Crippen LogP contribution >= 0.6 is 0 Å². The van der Waals surface area contributed by atoms with Crippen LogP contribution in [0.4, 0.5) is 4.79 Å². The number of rotatable bonds is 9. The number of carbonyl (C=O) groups excluding carboxylic acids is 1. The molecule has 1 amide bonds. The van der Waals surface area contributed by atoms with Gasteiger partial charge in [0.05, 0.1) is 23.6 Å². The quantitative estimate of drug-likeness (QED) is 0.223. The average molecular weight is 591 g/mol. The van der Waals surface area contributed by atoms with Gasteiger partial charge in [-0.3, -0.25) is 4.55 Å². The largest absolute Gasteiger partial charge is 0.442 e. The van der Waals surface area contributed by atoms with Crippen LogP contribution in [0.2, 0.25) is 0 Å². The number of carbonyl (C=O) groups is 1. The number of hydrogen-bond donors (Lipinski definition) is 1. The van der Waals surface area contributed by atoms with E-state index in [4.69, 9.17) is 4.74 Å². The van der Waals surface area contributed by atoms with E-state index >= 15 is 0 Å². The minimum atomic E-state index is -2.19. The number of amides is 1. The van der Waals surface area contributed by atoms with Crippen LogP contribution in [0.3, 0.4) is 0 Å². The summed E-state index contributed by atoms with van der Waals surface area (Å²) in [7, 11) is 0. The summed E-state index contributed by atoms with van der Waals surface area (Å²) in [6.45, 7) is 14.1. The lowest BCUT2D eigenvalue weighted by Crippen LogP contribution is -2.41. The number of ether oxygens (including phenoxy) is 1. The van der Waals surface area contributed by atoms with Crippen molar-refractivity contribution < 1.29 is 18.3 Å². The van der Waals surface area contributed by atoms with Crippen LogP contribution in [-0.2, 0) is 29.0 Å². The second-order valence-electron chi connectivity index (χ2n) is 12.1. The Hall–Kier alpha value is -3.53. The van der Waals surface area contributed by atoms with E-state index in [1.165, 1.54) is 0 Å². The second-order valence-corrected chi connectivity index (χ2v) is 13.0. The molecule has 1 N–H and O–H groups in total. The van der Waals surface area contributed by atoms with E-state index in [2.05, 4.69) is 53.5 Å². The van der Waals surface area contributed by atoms with Crippen LogP contribution < -0.4 is 5.62 Å². The minimum Gasteiger partial charge on any atom is -0.442 e. The summed E-state index contributed by atoms with van der Waals surface area (Å²) < 4.78 is 34.0. The normalized spacial score (nSPS) is 14.1. The van der Waals surface area contributed by atoms with E-state index in [1.807, 2.05) is 81.9 Å². The lowest BCUT2D eigenvalue weighted by molar-refractivity contribution is 0.0593. The van der Waals surface area contributed by atoms with E-state index in [9.17, 15) is 13.6 Å². The van der Waals surface area contributed by atoms with Crippen LogP contribution in [0, 0.1) is 13.8 Å². The molecular formula is C33H42N4O4S. The molecular weight excluding hydrogens is 548 g/mol. The van der Waals surface area contributed by atoms with Gasteiger partial charge in [0.15, 0.2) is 0 Å². The van der Waals surface area contributed by atoms with Crippen molar-refractivity contribution >= 4 is 28.4 Å². The topological polar surface area (TPSA) is 89.1 Å². The maximum absolute atomic E-state index is 13.2. The average Bonchev–Trinajstić information content (AvgIpc) is 3.20. The lowest BCUT2D eigenvalue weighted by atomic mass is 10.0. The van der Waals surface area contributed by atoms with Gasteiger partial charge in [-0.2, -0.15) is 4.31 Å². The summed E-state index contributed by atoms with van der Waals surface area (Å²) in [6, 6.07) is 24.0. The monoisotopic (exact) mass is 590 g/mol. The van der Waals surface area contributed by atoms with Crippen LogP contribution in [0.5, 0.6) is 0 Å². The molecule has 224 valence electrons. The molecule has 3 aromatic carbocycles. The number of aromatic nitrogens is 2. The van der Waals surface area contributed by atoms with Crippen LogP contribution in [0.25, 0.3) is 11.0 Å². The molecule has 9 heteroatoms. The molecule has 0 saturated heterocycles. The molecule has 42 heavy (non-hydrogen) atoms. The van der Waals surface area contributed by atoms with Crippen LogP contribution in [0.15, 0.2) is 77.8 Å². The van der Waals surface area contributed by atoms with Crippen molar-refractivity contribution in [3.05, 3.63) is 101 Å². The zero-order valence-corrected chi connectivity index (χ0v) is 26.4. The smallest absolute Gasteiger partial charge is 0.437 e. The highest BCUT2D eigenvalue weighted by atomic mass is 32.2. The number of aryl methyl sites for hydroxylation is 2. The Morgan fingerprint density at radius 1 is 0.929 bits per heavy atom. The number of imidazole rings is 1. The molecule has 0 radical (unpaired) electrons. The molecule has 0 aliphatic carbocycles. The summed E-state index contributed by atoms with van der Waals surface area (Å²) in [6.07, 6.45) is -0.134. The van der Waals surface area contributed by atoms with Crippen molar-refractivity contribution in [3.8, 4) is 0 Å². The molecule has 0 aliphatic rings. The van der Waals surface area contributed by atoms with Gasteiger partial charge in [-0.25, -0.2) is 9.00 Å². The molecule has 0 fully saturated rings. The van der Waals surface area contributed by atoms with Gasteiger partial charge in [0, 0.05) is 12.6 Å². The third-order valence-electron chi connectivity index (χ3n) is 7.06. The van der Waals surface area contributed by atoms with Crippen molar-refractivity contribution in [1.29, 1.82) is 0 Å². The summed E-state index contributed by atoms with van der Waals surface area (Å²) in [5.74, 6) is 0. The van der Waals surface area contributed by atoms with Crippen molar-refractivity contribution in [2.45, 2.75) is 79.1 Å². The fourth-order valence-electron chi connectivity index (χ4n) is 5.01. The SMILES string of the molecule is Cc1ccc(CC(CN(C(C)C)S(=O)O)n2c(=NC(=O)OC(C)(C)C)n(Cc3ccc(C)cc3)c3ccccc32)cc1. The summed E-state index contributed by atoms with van der Waals surface area (Å²) in [4.78, 5) is 17.8. The number of para-hydroxylation sites is 2. The molecule has 0 saturated carbocycles. The highest BCUT2D eigenvalue weighted by molar-refractivity contribution is 7.76.